The Morgan fingerprint density at radius 2 is 1.62 bits per heavy atom. The second-order valence-electron chi connectivity index (χ2n) is 10.5. The first-order valence-corrected chi connectivity index (χ1v) is 14.7. The third-order valence-electron chi connectivity index (χ3n) is 7.49. The van der Waals surface area contributed by atoms with Crippen LogP contribution in [0.15, 0.2) is 72.1 Å². The molecular formula is C31H31N5O5S. The zero-order chi connectivity index (χ0) is 29.1. The average Bonchev–Trinajstić information content (AvgIpc) is 3.68. The summed E-state index contributed by atoms with van der Waals surface area (Å²) in [6.45, 7) is 6.79. The molecule has 4 aromatic rings. The van der Waals surface area contributed by atoms with Gasteiger partial charge < -0.3 is 19.3 Å². The molecule has 0 N–H and O–H groups in total. The lowest BCUT2D eigenvalue weighted by molar-refractivity contribution is -0.384. The number of nitro groups is 1. The van der Waals surface area contributed by atoms with Gasteiger partial charge in [-0.1, -0.05) is 35.9 Å². The first-order valence-electron chi connectivity index (χ1n) is 13.8. The second-order valence-corrected chi connectivity index (χ2v) is 11.4. The first kappa shape index (κ1) is 27.7. The van der Waals surface area contributed by atoms with E-state index >= 15 is 0 Å². The molecule has 2 aliphatic rings. The van der Waals surface area contributed by atoms with E-state index in [2.05, 4.69) is 47.1 Å². The van der Waals surface area contributed by atoms with Crippen LogP contribution < -0.4 is 14.4 Å². The topological polar surface area (TPSA) is 101 Å². The van der Waals surface area contributed by atoms with Gasteiger partial charge >= 0.3 is 0 Å². The smallest absolute Gasteiger partial charge is 0.273 e. The van der Waals surface area contributed by atoms with Crippen molar-refractivity contribution in [3.8, 4) is 11.5 Å². The molecular weight excluding hydrogens is 554 g/mol. The van der Waals surface area contributed by atoms with Gasteiger partial charge in [0.05, 0.1) is 11.5 Å². The third-order valence-corrected chi connectivity index (χ3v) is 8.33. The highest BCUT2D eigenvalue weighted by Crippen LogP contribution is 2.33. The van der Waals surface area contributed by atoms with Crippen molar-refractivity contribution in [1.82, 2.24) is 14.8 Å². The molecule has 3 aromatic carbocycles. The van der Waals surface area contributed by atoms with E-state index in [1.165, 1.54) is 34.6 Å². The Balaban J connectivity index is 1.10. The van der Waals surface area contributed by atoms with Gasteiger partial charge in [0.15, 0.2) is 11.5 Å². The van der Waals surface area contributed by atoms with E-state index < -0.39 is 4.92 Å². The van der Waals surface area contributed by atoms with E-state index in [-0.39, 0.29) is 18.4 Å². The maximum atomic E-state index is 13.3. The minimum absolute atomic E-state index is 0.0679. The number of carbonyl (C=O) groups is 1. The number of aryl methyl sites for hydroxylation is 1. The maximum absolute atomic E-state index is 13.3. The molecule has 0 unspecified atom stereocenters. The molecule has 2 aliphatic heterocycles. The molecule has 1 amide bonds. The summed E-state index contributed by atoms with van der Waals surface area (Å²) in [5, 5.41) is 13.7. The predicted molar refractivity (Wildman–Crippen MR) is 160 cm³/mol. The van der Waals surface area contributed by atoms with Crippen LogP contribution in [0.3, 0.4) is 0 Å². The van der Waals surface area contributed by atoms with Crippen LogP contribution in [0.2, 0.25) is 0 Å². The van der Waals surface area contributed by atoms with Crippen molar-refractivity contribution in [2.45, 2.75) is 26.6 Å². The molecule has 0 bridgehead atoms. The van der Waals surface area contributed by atoms with E-state index in [1.807, 2.05) is 22.4 Å². The number of aromatic nitrogens is 1. The van der Waals surface area contributed by atoms with Crippen molar-refractivity contribution in [3.05, 3.63) is 110 Å². The van der Waals surface area contributed by atoms with Crippen LogP contribution in [-0.4, -0.2) is 58.6 Å². The van der Waals surface area contributed by atoms with Gasteiger partial charge in [0.25, 0.3) is 11.6 Å². The van der Waals surface area contributed by atoms with Gasteiger partial charge in [0, 0.05) is 62.5 Å². The number of carbonyl (C=O) groups excluding carboxylic acids is 1. The zero-order valence-corrected chi connectivity index (χ0v) is 24.1. The van der Waals surface area contributed by atoms with Crippen LogP contribution in [0.5, 0.6) is 11.5 Å². The van der Waals surface area contributed by atoms with Crippen molar-refractivity contribution < 1.29 is 19.2 Å². The number of thiazole rings is 1. The van der Waals surface area contributed by atoms with Crippen molar-refractivity contribution in [2.24, 2.45) is 0 Å². The van der Waals surface area contributed by atoms with Gasteiger partial charge in [-0.2, -0.15) is 0 Å². The van der Waals surface area contributed by atoms with Crippen LogP contribution in [0, 0.1) is 17.0 Å². The fourth-order valence-electron chi connectivity index (χ4n) is 5.20. The van der Waals surface area contributed by atoms with Crippen molar-refractivity contribution in [1.29, 1.82) is 0 Å². The first-order chi connectivity index (χ1) is 20.4. The van der Waals surface area contributed by atoms with E-state index in [0.717, 1.165) is 34.3 Å². The molecule has 1 saturated heterocycles. The summed E-state index contributed by atoms with van der Waals surface area (Å²) >= 11 is 1.50. The molecule has 3 heterocycles. The molecule has 0 aliphatic carbocycles. The monoisotopic (exact) mass is 585 g/mol. The van der Waals surface area contributed by atoms with E-state index in [0.29, 0.717) is 45.0 Å². The Hall–Kier alpha value is -4.48. The standard InChI is InChI=1S/C31H31N5O5S/c1-22-2-4-23(5-3-22)17-33(18-24-6-11-28-29(16-24)41-21-40-28)19-30-32-27(20-42-30)31(37)35-14-12-34(13-15-35)25-7-9-26(10-8-25)36(38)39/h2-11,16,20H,12-15,17-19,21H2,1H3. The number of benzene rings is 3. The maximum Gasteiger partial charge on any atom is 0.273 e. The van der Waals surface area contributed by atoms with Crippen LogP contribution in [-0.2, 0) is 19.6 Å². The minimum Gasteiger partial charge on any atom is -0.454 e. The fraction of sp³-hybridized carbons (Fsp3) is 0.290. The predicted octanol–water partition coefficient (Wildman–Crippen LogP) is 5.25. The number of anilines is 1. The zero-order valence-electron chi connectivity index (χ0n) is 23.3. The Morgan fingerprint density at radius 1 is 0.929 bits per heavy atom. The summed E-state index contributed by atoms with van der Waals surface area (Å²) < 4.78 is 11.1. The Labute approximate surface area is 247 Å². The number of nitrogens with zero attached hydrogens (tertiary/aromatic N) is 5. The normalized spacial score (nSPS) is 14.4. The van der Waals surface area contributed by atoms with Crippen molar-refractivity contribution in [2.75, 3.05) is 37.9 Å². The molecule has 11 heteroatoms. The molecule has 1 fully saturated rings. The molecule has 0 radical (unpaired) electrons. The fourth-order valence-corrected chi connectivity index (χ4v) is 6.01. The van der Waals surface area contributed by atoms with E-state index in [9.17, 15) is 14.9 Å². The summed E-state index contributed by atoms with van der Waals surface area (Å²) in [5.41, 5.74) is 5.00. The molecule has 216 valence electrons. The molecule has 6 rings (SSSR count). The second kappa shape index (κ2) is 12.2. The molecule has 42 heavy (non-hydrogen) atoms. The number of hydrogen-bond acceptors (Lipinski definition) is 9. The summed E-state index contributed by atoms with van der Waals surface area (Å²) in [7, 11) is 0. The van der Waals surface area contributed by atoms with Gasteiger partial charge in [-0.25, -0.2) is 4.98 Å². The summed E-state index contributed by atoms with van der Waals surface area (Å²) in [4.78, 5) is 34.9. The van der Waals surface area contributed by atoms with Crippen LogP contribution in [0.4, 0.5) is 11.4 Å². The summed E-state index contributed by atoms with van der Waals surface area (Å²) in [5.74, 6) is 1.46. The Kier molecular flexibility index (Phi) is 8.02. The highest BCUT2D eigenvalue weighted by Gasteiger charge is 2.25. The molecule has 0 saturated carbocycles. The van der Waals surface area contributed by atoms with Crippen molar-refractivity contribution in [3.63, 3.8) is 0 Å². The SMILES string of the molecule is Cc1ccc(CN(Cc2ccc3c(c2)OCO3)Cc2nc(C(=O)N3CCN(c4ccc([N+](=O)[O-])cc4)CC3)cs2)cc1. The van der Waals surface area contributed by atoms with Gasteiger partial charge in [-0.05, 0) is 42.3 Å². The summed E-state index contributed by atoms with van der Waals surface area (Å²) in [6, 6.07) is 21.1. The van der Waals surface area contributed by atoms with E-state index in [1.54, 1.807) is 12.1 Å². The van der Waals surface area contributed by atoms with E-state index in [4.69, 9.17) is 14.5 Å². The van der Waals surface area contributed by atoms with Gasteiger partial charge in [0.2, 0.25) is 6.79 Å². The third kappa shape index (κ3) is 6.37. The molecule has 0 spiro atoms. The number of ether oxygens (including phenoxy) is 2. The number of fused-ring (bicyclic) bond motifs is 1. The quantitative estimate of drug-likeness (QED) is 0.194. The Morgan fingerprint density at radius 3 is 2.36 bits per heavy atom. The number of non-ortho nitro benzene ring substituents is 1. The minimum atomic E-state index is -0.401. The van der Waals surface area contributed by atoms with Gasteiger partial charge in [-0.15, -0.1) is 11.3 Å². The lowest BCUT2D eigenvalue weighted by Crippen LogP contribution is -2.48. The van der Waals surface area contributed by atoms with Crippen LogP contribution >= 0.6 is 11.3 Å². The molecule has 10 nitrogen and oxygen atoms in total. The number of nitro benzene ring substituents is 1. The molecule has 0 atom stereocenters. The van der Waals surface area contributed by atoms with Crippen molar-refractivity contribution >= 4 is 28.6 Å². The van der Waals surface area contributed by atoms with Gasteiger partial charge in [-0.3, -0.25) is 19.8 Å². The molecule has 1 aromatic heterocycles. The average molecular weight is 586 g/mol. The number of amides is 1. The number of hydrogen-bond donors (Lipinski definition) is 0. The highest BCUT2D eigenvalue weighted by atomic mass is 32.1. The number of rotatable bonds is 9. The highest BCUT2D eigenvalue weighted by molar-refractivity contribution is 7.09. The van der Waals surface area contributed by atoms with Crippen LogP contribution in [0.25, 0.3) is 0 Å². The number of piperazine rings is 1. The lowest BCUT2D eigenvalue weighted by atomic mass is 10.1. The Bertz CT molecular complexity index is 1570. The summed E-state index contributed by atoms with van der Waals surface area (Å²) in [6.07, 6.45) is 0. The van der Waals surface area contributed by atoms with Gasteiger partial charge in [0.1, 0.15) is 10.7 Å². The largest absolute Gasteiger partial charge is 0.454 e. The van der Waals surface area contributed by atoms with Crippen LogP contribution in [0.1, 0.15) is 32.2 Å². The lowest BCUT2D eigenvalue weighted by Gasteiger charge is -2.35.